The molecule has 0 atom stereocenters. The average molecular weight is 535 g/mol. The zero-order valence-corrected chi connectivity index (χ0v) is 23.3. The minimum absolute atomic E-state index is 0.199. The van der Waals surface area contributed by atoms with Gasteiger partial charge in [0.2, 0.25) is 0 Å². The molecule has 0 saturated carbocycles. The van der Waals surface area contributed by atoms with Crippen molar-refractivity contribution in [3.8, 4) is 0 Å². The molecule has 3 rings (SSSR count). The Morgan fingerprint density at radius 2 is 1.19 bits per heavy atom. The van der Waals surface area contributed by atoms with E-state index in [9.17, 15) is 9.13 Å². The number of hydrogen-bond acceptors (Lipinski definition) is 7. The zero-order chi connectivity index (χ0) is 26.0. The largest absolute Gasteiger partial charge is 0.372 e. The highest BCUT2D eigenvalue weighted by molar-refractivity contribution is 7.62. The highest BCUT2D eigenvalue weighted by Gasteiger charge is 2.27. The van der Waals surface area contributed by atoms with Gasteiger partial charge in [0.05, 0.1) is 51.1 Å². The van der Waals surface area contributed by atoms with Crippen molar-refractivity contribution >= 4 is 31.3 Å². The summed E-state index contributed by atoms with van der Waals surface area (Å²) in [4.78, 5) is 0. The van der Waals surface area contributed by atoms with E-state index in [-0.39, 0.29) is 6.16 Å². The first-order valence-electron chi connectivity index (χ1n) is 12.3. The summed E-state index contributed by atoms with van der Waals surface area (Å²) in [5.74, 6) is 0. The van der Waals surface area contributed by atoms with Crippen LogP contribution >= 0.6 is 15.2 Å². The molecule has 196 valence electrons. The van der Waals surface area contributed by atoms with Gasteiger partial charge >= 0.3 is 15.2 Å². The van der Waals surface area contributed by atoms with Crippen LogP contribution in [-0.2, 0) is 51.3 Å². The number of hydrogen-bond donors (Lipinski definition) is 0. The summed E-state index contributed by atoms with van der Waals surface area (Å²) in [6.07, 6.45) is 0.199. The first-order valence-corrected chi connectivity index (χ1v) is 15.6. The highest BCUT2D eigenvalue weighted by Crippen LogP contribution is 2.52. The second kappa shape index (κ2) is 13.6. The second-order valence-corrected chi connectivity index (χ2v) is 12.1. The molecule has 3 aromatic rings. The van der Waals surface area contributed by atoms with E-state index in [2.05, 4.69) is 0 Å². The van der Waals surface area contributed by atoms with Gasteiger partial charge in [-0.2, -0.15) is 0 Å². The third-order valence-electron chi connectivity index (χ3n) is 5.47. The summed E-state index contributed by atoms with van der Waals surface area (Å²) < 4.78 is 54.1. The maximum absolute atomic E-state index is 13.2. The fraction of sp³-hybridized carbons (Fsp3) is 0.407. The molecule has 0 heterocycles. The van der Waals surface area contributed by atoms with Gasteiger partial charge in [-0.15, -0.1) is 0 Å². The lowest BCUT2D eigenvalue weighted by molar-refractivity contribution is 0.108. The van der Waals surface area contributed by atoms with Crippen molar-refractivity contribution in [1.82, 2.24) is 0 Å². The molecule has 0 bridgehead atoms. The maximum Gasteiger partial charge on any atom is 0.361 e. The van der Waals surface area contributed by atoms with E-state index in [0.717, 1.165) is 27.5 Å². The fourth-order valence-electron chi connectivity index (χ4n) is 4.06. The molecule has 0 aliphatic carbocycles. The van der Waals surface area contributed by atoms with Crippen molar-refractivity contribution < 1.29 is 32.0 Å². The van der Waals surface area contributed by atoms with Crippen molar-refractivity contribution in [1.29, 1.82) is 0 Å². The van der Waals surface area contributed by atoms with Crippen molar-refractivity contribution in [3.05, 3.63) is 77.4 Å². The quantitative estimate of drug-likeness (QED) is 0.191. The lowest BCUT2D eigenvalue weighted by Gasteiger charge is -2.19. The van der Waals surface area contributed by atoms with Crippen molar-refractivity contribution in [3.63, 3.8) is 0 Å². The smallest absolute Gasteiger partial charge is 0.361 e. The molecule has 9 heteroatoms. The Bertz CT molecular complexity index is 1190. The normalized spacial score (nSPS) is 12.3. The molecule has 0 saturated heterocycles. The number of rotatable bonds is 15. The van der Waals surface area contributed by atoms with E-state index in [1.165, 1.54) is 0 Å². The summed E-state index contributed by atoms with van der Waals surface area (Å²) in [5.41, 5.74) is 2.84. The van der Waals surface area contributed by atoms with Crippen LogP contribution in [0.25, 0.3) is 10.8 Å². The summed E-state index contributed by atoms with van der Waals surface area (Å²) in [5, 5.41) is 2.58. The minimum atomic E-state index is -3.31. The van der Waals surface area contributed by atoms with E-state index >= 15 is 0 Å². The van der Waals surface area contributed by atoms with Crippen molar-refractivity contribution in [2.24, 2.45) is 0 Å². The lowest BCUT2D eigenvalue weighted by atomic mass is 10.0. The molecule has 0 aromatic heterocycles. The first-order chi connectivity index (χ1) is 17.4. The molecule has 0 aliphatic rings. The molecule has 0 N–H and O–H groups in total. The highest BCUT2D eigenvalue weighted by atomic mass is 31.2. The van der Waals surface area contributed by atoms with Crippen molar-refractivity contribution in [2.45, 2.75) is 47.1 Å². The SMILES string of the molecule is CCOP(=O)(Cc1cccc2cccc(COCc3ccc(P(=O)(OCC)OCC)cc3)c12)OCC. The van der Waals surface area contributed by atoms with Gasteiger partial charge in [0.25, 0.3) is 0 Å². The van der Waals surface area contributed by atoms with E-state index in [1.54, 1.807) is 26.0 Å². The molecular weight excluding hydrogens is 498 g/mol. The van der Waals surface area contributed by atoms with Gasteiger partial charge in [-0.1, -0.05) is 48.5 Å². The molecule has 3 aromatic carbocycles. The number of benzene rings is 3. The molecule has 7 nitrogen and oxygen atoms in total. The summed E-state index contributed by atoms with van der Waals surface area (Å²) >= 11 is 0. The third-order valence-corrected chi connectivity index (χ3v) is 9.63. The van der Waals surface area contributed by atoms with Gasteiger partial charge in [-0.05, 0) is 67.3 Å². The zero-order valence-electron chi connectivity index (χ0n) is 21.5. The first kappa shape index (κ1) is 28.7. The summed E-state index contributed by atoms with van der Waals surface area (Å²) in [6, 6.07) is 19.2. The van der Waals surface area contributed by atoms with Crippen LogP contribution in [0, 0.1) is 0 Å². The molecule has 0 radical (unpaired) electrons. The van der Waals surface area contributed by atoms with Crippen LogP contribution in [0.1, 0.15) is 44.4 Å². The van der Waals surface area contributed by atoms with Crippen LogP contribution in [0.15, 0.2) is 60.7 Å². The lowest BCUT2D eigenvalue weighted by Crippen LogP contribution is -2.10. The topological polar surface area (TPSA) is 80.3 Å². The van der Waals surface area contributed by atoms with E-state index in [0.29, 0.717) is 44.9 Å². The van der Waals surface area contributed by atoms with Crippen LogP contribution in [-0.4, -0.2) is 26.4 Å². The average Bonchev–Trinajstić information content (AvgIpc) is 2.85. The Labute approximate surface area is 214 Å². The standard InChI is InChI=1S/C27H36O7P2/c1-5-31-35(28,32-6-2)21-25-14-10-12-23-11-9-13-24(27(23)25)20-30-19-22-15-17-26(18-16-22)36(29,33-7-3)34-8-4/h9-18H,5-8,19-21H2,1-4H3. The van der Waals surface area contributed by atoms with Gasteiger partial charge in [0.15, 0.2) is 0 Å². The van der Waals surface area contributed by atoms with E-state index < -0.39 is 15.2 Å². The Hall–Kier alpha value is -1.82. The van der Waals surface area contributed by atoms with Crippen LogP contribution in [0.5, 0.6) is 0 Å². The Morgan fingerprint density at radius 3 is 1.75 bits per heavy atom. The van der Waals surface area contributed by atoms with Crippen LogP contribution in [0.3, 0.4) is 0 Å². The summed E-state index contributed by atoms with van der Waals surface area (Å²) in [6.45, 7) is 9.21. The van der Waals surface area contributed by atoms with E-state index in [4.69, 9.17) is 22.8 Å². The van der Waals surface area contributed by atoms with Gasteiger partial charge in [0.1, 0.15) is 0 Å². The molecule has 0 unspecified atom stereocenters. The number of ether oxygens (including phenoxy) is 1. The van der Waals surface area contributed by atoms with Gasteiger partial charge in [0, 0.05) is 0 Å². The van der Waals surface area contributed by atoms with Crippen LogP contribution in [0.2, 0.25) is 0 Å². The van der Waals surface area contributed by atoms with Gasteiger partial charge < -0.3 is 22.8 Å². The molecule has 36 heavy (non-hydrogen) atoms. The van der Waals surface area contributed by atoms with Gasteiger partial charge in [-0.25, -0.2) is 0 Å². The Balaban J connectivity index is 1.76. The third kappa shape index (κ3) is 7.36. The molecule has 0 spiro atoms. The Kier molecular flexibility index (Phi) is 10.9. The molecule has 0 aliphatic heterocycles. The second-order valence-electron chi connectivity index (χ2n) is 8.03. The van der Waals surface area contributed by atoms with E-state index in [1.807, 2.05) is 62.4 Å². The molecule has 0 fully saturated rings. The molecule has 0 amide bonds. The predicted octanol–water partition coefficient (Wildman–Crippen LogP) is 7.21. The molecular formula is C27H36O7P2. The fourth-order valence-corrected chi connectivity index (χ4v) is 7.36. The minimum Gasteiger partial charge on any atom is -0.372 e. The van der Waals surface area contributed by atoms with Crippen LogP contribution < -0.4 is 5.30 Å². The van der Waals surface area contributed by atoms with Crippen LogP contribution in [0.4, 0.5) is 0 Å². The monoisotopic (exact) mass is 534 g/mol. The predicted molar refractivity (Wildman–Crippen MR) is 144 cm³/mol. The van der Waals surface area contributed by atoms with Gasteiger partial charge in [-0.3, -0.25) is 9.13 Å². The maximum atomic E-state index is 13.2. The Morgan fingerprint density at radius 1 is 0.639 bits per heavy atom. The summed E-state index contributed by atoms with van der Waals surface area (Å²) in [7, 11) is -6.56. The number of fused-ring (bicyclic) bond motifs is 1. The van der Waals surface area contributed by atoms with Crippen molar-refractivity contribution in [2.75, 3.05) is 26.4 Å².